The van der Waals surface area contributed by atoms with Gasteiger partial charge in [0.2, 0.25) is 0 Å². The predicted octanol–water partition coefficient (Wildman–Crippen LogP) is 0.469. The Kier molecular flexibility index (Phi) is 6.14. The monoisotopic (exact) mass is 426 g/mol. The van der Waals surface area contributed by atoms with Gasteiger partial charge in [-0.1, -0.05) is 0 Å². The maximum atomic E-state index is 12.0. The van der Waals surface area contributed by atoms with Crippen molar-refractivity contribution in [3.63, 3.8) is 0 Å². The van der Waals surface area contributed by atoms with Crippen LogP contribution in [0.2, 0.25) is 0 Å². The van der Waals surface area contributed by atoms with Gasteiger partial charge in [0.1, 0.15) is 0 Å². The second-order valence-corrected chi connectivity index (χ2v) is 9.74. The number of nitrogens with one attached hydrogen (secondary N) is 3. The molecule has 0 aliphatic carbocycles. The van der Waals surface area contributed by atoms with E-state index in [1.54, 1.807) is 24.3 Å². The molecule has 4 N–H and O–H groups in total. The van der Waals surface area contributed by atoms with E-state index < -0.39 is 14.9 Å². The fraction of sp³-hybridized carbons (Fsp3) is 0.500. The Morgan fingerprint density at radius 3 is 2.76 bits per heavy atom. The van der Waals surface area contributed by atoms with Crippen molar-refractivity contribution in [2.75, 3.05) is 11.1 Å². The molecular formula is C16H21AsN3O4S. The van der Waals surface area contributed by atoms with Gasteiger partial charge in [0.05, 0.1) is 6.04 Å². The Morgan fingerprint density at radius 1 is 1.28 bits per heavy atom. The molecule has 3 rings (SSSR count). The Bertz CT molecular complexity index is 670. The fourth-order valence-corrected chi connectivity index (χ4v) is 5.56. The molecule has 2 aliphatic rings. The molecule has 7 nitrogen and oxygen atoms in total. The molecule has 2 saturated heterocycles. The van der Waals surface area contributed by atoms with Crippen LogP contribution in [0.3, 0.4) is 0 Å². The Hall–Kier alpha value is -1.37. The zero-order chi connectivity index (χ0) is 17.8. The summed E-state index contributed by atoms with van der Waals surface area (Å²) >= 11 is -1.21. The second-order valence-electron chi connectivity index (χ2n) is 6.24. The van der Waals surface area contributed by atoms with Crippen LogP contribution in [-0.4, -0.2) is 54.1 Å². The molecule has 0 bridgehead atoms. The topological polar surface area (TPSA) is 108 Å². The SMILES string of the molecule is O=C(CCCC[C@@H]1SC[C@@H]2NC(=O)N[C@@H]21)Nc1ccc([As](=O)O)cc1. The van der Waals surface area contributed by atoms with E-state index in [1.807, 2.05) is 11.8 Å². The third-order valence-electron chi connectivity index (χ3n) is 4.45. The van der Waals surface area contributed by atoms with Gasteiger partial charge in [0.15, 0.2) is 0 Å². The second kappa shape index (κ2) is 8.34. The van der Waals surface area contributed by atoms with Gasteiger partial charge in [-0.2, -0.15) is 0 Å². The summed E-state index contributed by atoms with van der Waals surface area (Å²) < 4.78 is 20.5. The van der Waals surface area contributed by atoms with Crippen molar-refractivity contribution in [1.82, 2.24) is 10.6 Å². The van der Waals surface area contributed by atoms with Crippen LogP contribution in [0.25, 0.3) is 0 Å². The molecule has 1 unspecified atom stereocenters. The average molecular weight is 426 g/mol. The van der Waals surface area contributed by atoms with Gasteiger partial charge < -0.3 is 10.6 Å². The van der Waals surface area contributed by atoms with Crippen molar-refractivity contribution >= 4 is 48.7 Å². The molecule has 25 heavy (non-hydrogen) atoms. The van der Waals surface area contributed by atoms with Crippen LogP contribution in [-0.2, 0) is 8.53 Å². The molecule has 0 spiro atoms. The van der Waals surface area contributed by atoms with Crippen LogP contribution >= 0.6 is 11.8 Å². The first-order valence-electron chi connectivity index (χ1n) is 8.27. The number of hydrogen-bond acceptors (Lipinski definition) is 4. The number of anilines is 1. The molecule has 2 aliphatic heterocycles. The molecule has 135 valence electrons. The summed E-state index contributed by atoms with van der Waals surface area (Å²) in [6.07, 6.45) is 3.17. The van der Waals surface area contributed by atoms with E-state index in [9.17, 15) is 13.3 Å². The zero-order valence-electron chi connectivity index (χ0n) is 13.6. The van der Waals surface area contributed by atoms with Crippen molar-refractivity contribution in [2.24, 2.45) is 0 Å². The number of carbonyl (C=O) groups is 2. The number of urea groups is 1. The molecule has 1 aromatic carbocycles. The van der Waals surface area contributed by atoms with Gasteiger partial charge in [-0.25, -0.2) is 4.79 Å². The van der Waals surface area contributed by atoms with E-state index in [4.69, 9.17) is 4.10 Å². The number of benzene rings is 1. The van der Waals surface area contributed by atoms with Gasteiger partial charge in [-0.3, -0.25) is 0 Å². The third-order valence-corrected chi connectivity index (χ3v) is 7.51. The zero-order valence-corrected chi connectivity index (χ0v) is 16.3. The van der Waals surface area contributed by atoms with Gasteiger partial charge in [-0.05, 0) is 0 Å². The molecule has 1 radical (unpaired) electrons. The molecule has 9 heteroatoms. The Balaban J connectivity index is 1.35. The average Bonchev–Trinajstić information content (AvgIpc) is 3.11. The molecular weight excluding hydrogens is 405 g/mol. The van der Waals surface area contributed by atoms with Gasteiger partial charge in [-0.15, -0.1) is 0 Å². The van der Waals surface area contributed by atoms with E-state index in [1.165, 1.54) is 0 Å². The summed E-state index contributed by atoms with van der Waals surface area (Å²) in [6, 6.07) is 6.82. The quantitative estimate of drug-likeness (QED) is 0.288. The van der Waals surface area contributed by atoms with Crippen LogP contribution in [0.5, 0.6) is 0 Å². The Labute approximate surface area is 155 Å². The molecule has 0 aromatic heterocycles. The molecule has 4 atom stereocenters. The van der Waals surface area contributed by atoms with E-state index in [2.05, 4.69) is 16.0 Å². The number of unbranched alkanes of at least 4 members (excludes halogenated alkanes) is 1. The van der Waals surface area contributed by atoms with Crippen molar-refractivity contribution in [2.45, 2.75) is 43.0 Å². The third kappa shape index (κ3) is 4.83. The van der Waals surface area contributed by atoms with Gasteiger partial charge >= 0.3 is 128 Å². The van der Waals surface area contributed by atoms with Crippen molar-refractivity contribution in [3.8, 4) is 0 Å². The van der Waals surface area contributed by atoms with Crippen LogP contribution in [0.1, 0.15) is 25.7 Å². The molecule has 3 amide bonds. The number of rotatable bonds is 7. The van der Waals surface area contributed by atoms with Crippen molar-refractivity contribution in [1.29, 1.82) is 0 Å². The maximum absolute atomic E-state index is 12.0. The number of carbonyl (C=O) groups excluding carboxylic acids is 2. The normalized spacial score (nSPS) is 25.1. The van der Waals surface area contributed by atoms with E-state index in [-0.39, 0.29) is 24.0 Å². The van der Waals surface area contributed by atoms with E-state index >= 15 is 0 Å². The van der Waals surface area contributed by atoms with Crippen molar-refractivity contribution < 1.29 is 17.4 Å². The first kappa shape index (κ1) is 18.4. The standard InChI is InChI=1S/C16H21AsN3O4S/c21-14(18-11-7-5-10(6-8-11)17(23)24)4-2-1-3-13-15-12(9-25-13)19-16(22)20-15/h5-8,12-13,15H,1-4,9H2,(H,18,21)(H,23,24)(H2,19,20,22)/t12-,13-,15-/m0/s1. The molecule has 1 aromatic rings. The Morgan fingerprint density at radius 2 is 2.04 bits per heavy atom. The first-order valence-corrected chi connectivity index (χ1v) is 11.9. The number of thioether (sulfide) groups is 1. The molecule has 2 heterocycles. The summed E-state index contributed by atoms with van der Waals surface area (Å²) in [5, 5.41) is 9.12. The number of fused-ring (bicyclic) bond motifs is 1. The van der Waals surface area contributed by atoms with Crippen LogP contribution in [0.15, 0.2) is 24.3 Å². The molecule has 0 saturated carbocycles. The van der Waals surface area contributed by atoms with Crippen LogP contribution in [0.4, 0.5) is 10.5 Å². The fourth-order valence-electron chi connectivity index (χ4n) is 3.17. The minimum atomic E-state index is -3.09. The summed E-state index contributed by atoms with van der Waals surface area (Å²) in [7, 11) is 0. The van der Waals surface area contributed by atoms with E-state index in [0.717, 1.165) is 25.0 Å². The first-order chi connectivity index (χ1) is 12.0. The van der Waals surface area contributed by atoms with Gasteiger partial charge in [0.25, 0.3) is 0 Å². The predicted molar refractivity (Wildman–Crippen MR) is 97.3 cm³/mol. The minimum absolute atomic E-state index is 0.0546. The van der Waals surface area contributed by atoms with Crippen molar-refractivity contribution in [3.05, 3.63) is 24.3 Å². The van der Waals surface area contributed by atoms with E-state index in [0.29, 0.717) is 21.7 Å². The summed E-state index contributed by atoms with van der Waals surface area (Å²) in [5.74, 6) is 0.895. The van der Waals surface area contributed by atoms with Crippen LogP contribution in [0, 0.1) is 0 Å². The van der Waals surface area contributed by atoms with Crippen LogP contribution < -0.4 is 20.3 Å². The van der Waals surface area contributed by atoms with Gasteiger partial charge in [0, 0.05) is 5.75 Å². The summed E-state index contributed by atoms with van der Waals surface area (Å²) in [5.41, 5.74) is 0.638. The molecule has 2 fully saturated rings. The summed E-state index contributed by atoms with van der Waals surface area (Å²) in [6.45, 7) is 0. The number of amides is 3. The number of hydrogen-bond donors (Lipinski definition) is 4. The summed E-state index contributed by atoms with van der Waals surface area (Å²) in [4.78, 5) is 23.3.